The second-order valence-corrected chi connectivity index (χ2v) is 5.48. The smallest absolute Gasteiger partial charge is 0.0180 e. The molecule has 2 heteroatoms. The first-order chi connectivity index (χ1) is 7.60. The zero-order valence-corrected chi connectivity index (χ0v) is 12.5. The molecule has 0 spiro atoms. The molecule has 0 amide bonds. The average molecular weight is 245 g/mol. The molecule has 0 aromatic rings. The Hall–Kier alpha value is -0.0800. The van der Waals surface area contributed by atoms with E-state index in [1.54, 1.807) is 0 Å². The fourth-order valence-electron chi connectivity index (χ4n) is 2.43. The van der Waals surface area contributed by atoms with Crippen LogP contribution in [0.1, 0.15) is 85.5 Å². The van der Waals surface area contributed by atoms with Crippen LogP contribution in [-0.2, 0) is 0 Å². The van der Waals surface area contributed by atoms with Crippen molar-refractivity contribution in [3.63, 3.8) is 0 Å². The Balaban J connectivity index is 0. The van der Waals surface area contributed by atoms with Crippen LogP contribution in [0.4, 0.5) is 0 Å². The van der Waals surface area contributed by atoms with E-state index in [0.717, 1.165) is 0 Å². The quantitative estimate of drug-likeness (QED) is 0.620. The minimum atomic E-state index is 0. The highest BCUT2D eigenvalue weighted by atomic mass is 16.0. The van der Waals surface area contributed by atoms with Crippen molar-refractivity contribution in [2.75, 3.05) is 0 Å². The molecule has 0 radical (unpaired) electrons. The molecular weight excluding hydrogens is 210 g/mol. The van der Waals surface area contributed by atoms with Crippen molar-refractivity contribution in [1.82, 2.24) is 0 Å². The van der Waals surface area contributed by atoms with Gasteiger partial charge in [0.2, 0.25) is 0 Å². The molecule has 0 aromatic heterocycles. The summed E-state index contributed by atoms with van der Waals surface area (Å²) in [5.41, 5.74) is 6.77. The van der Waals surface area contributed by atoms with Crippen molar-refractivity contribution in [2.45, 2.75) is 91.0 Å². The summed E-state index contributed by atoms with van der Waals surface area (Å²) >= 11 is 0. The van der Waals surface area contributed by atoms with Gasteiger partial charge in [0.05, 0.1) is 0 Å². The van der Waals surface area contributed by atoms with Gasteiger partial charge in [-0.2, -0.15) is 0 Å². The number of unbranched alkanes of at least 4 members (excludes halogenated alkanes) is 3. The first-order valence-electron chi connectivity index (χ1n) is 7.39. The van der Waals surface area contributed by atoms with E-state index >= 15 is 0 Å². The summed E-state index contributed by atoms with van der Waals surface area (Å²) in [6.45, 7) is 9.15. The second kappa shape index (κ2) is 11.0. The maximum absolute atomic E-state index is 6.65. The Bertz CT molecular complexity index is 151. The molecule has 0 aliphatic carbocycles. The minimum absolute atomic E-state index is 0. The predicted molar refractivity (Wildman–Crippen MR) is 78.3 cm³/mol. The van der Waals surface area contributed by atoms with Crippen molar-refractivity contribution < 1.29 is 5.48 Å². The van der Waals surface area contributed by atoms with Crippen LogP contribution in [0.3, 0.4) is 0 Å². The summed E-state index contributed by atoms with van der Waals surface area (Å²) in [6, 6.07) is 0. The van der Waals surface area contributed by atoms with Crippen LogP contribution < -0.4 is 5.73 Å². The molecule has 17 heavy (non-hydrogen) atoms. The average Bonchev–Trinajstić information content (AvgIpc) is 2.30. The standard InChI is InChI=1S/C15H33N.H2O/c1-5-8-11-14(4)15(16,12-9-6-2)13-10-7-3;/h14H,5-13,16H2,1-4H3;1H2. The van der Waals surface area contributed by atoms with Gasteiger partial charge >= 0.3 is 0 Å². The Labute approximate surface area is 109 Å². The van der Waals surface area contributed by atoms with Crippen molar-refractivity contribution in [2.24, 2.45) is 11.7 Å². The van der Waals surface area contributed by atoms with E-state index in [1.807, 2.05) is 0 Å². The number of hydrogen-bond acceptors (Lipinski definition) is 1. The van der Waals surface area contributed by atoms with Gasteiger partial charge in [0.15, 0.2) is 0 Å². The highest BCUT2D eigenvalue weighted by Gasteiger charge is 2.29. The largest absolute Gasteiger partial charge is 0.412 e. The van der Waals surface area contributed by atoms with Crippen LogP contribution >= 0.6 is 0 Å². The summed E-state index contributed by atoms with van der Waals surface area (Å²) in [7, 11) is 0. The van der Waals surface area contributed by atoms with Gasteiger partial charge in [0.1, 0.15) is 0 Å². The van der Waals surface area contributed by atoms with Gasteiger partial charge in [-0.1, -0.05) is 66.2 Å². The minimum Gasteiger partial charge on any atom is -0.412 e. The van der Waals surface area contributed by atoms with Crippen molar-refractivity contribution in [3.05, 3.63) is 0 Å². The summed E-state index contributed by atoms with van der Waals surface area (Å²) < 4.78 is 0. The van der Waals surface area contributed by atoms with E-state index in [1.165, 1.54) is 57.8 Å². The second-order valence-electron chi connectivity index (χ2n) is 5.48. The van der Waals surface area contributed by atoms with Gasteiger partial charge in [0, 0.05) is 5.54 Å². The molecule has 1 unspecified atom stereocenters. The van der Waals surface area contributed by atoms with E-state index in [9.17, 15) is 0 Å². The van der Waals surface area contributed by atoms with Gasteiger partial charge in [0.25, 0.3) is 0 Å². The summed E-state index contributed by atoms with van der Waals surface area (Å²) in [6.07, 6.45) is 11.5. The molecule has 4 N–H and O–H groups in total. The van der Waals surface area contributed by atoms with Crippen LogP contribution in [0.2, 0.25) is 0 Å². The molecule has 0 aliphatic heterocycles. The fraction of sp³-hybridized carbons (Fsp3) is 1.00. The first-order valence-corrected chi connectivity index (χ1v) is 7.39. The van der Waals surface area contributed by atoms with Crippen LogP contribution in [0.25, 0.3) is 0 Å². The van der Waals surface area contributed by atoms with Gasteiger partial charge in [-0.25, -0.2) is 0 Å². The molecule has 2 nitrogen and oxygen atoms in total. The number of nitrogens with two attached hydrogens (primary N) is 1. The third-order valence-electron chi connectivity index (χ3n) is 3.96. The van der Waals surface area contributed by atoms with Crippen molar-refractivity contribution in [3.8, 4) is 0 Å². The fourth-order valence-corrected chi connectivity index (χ4v) is 2.43. The SMILES string of the molecule is CCCCC(C)C(N)(CCCC)CCCC.O. The van der Waals surface area contributed by atoms with Crippen LogP contribution in [0.5, 0.6) is 0 Å². The maximum Gasteiger partial charge on any atom is 0.0180 e. The summed E-state index contributed by atoms with van der Waals surface area (Å²) in [5, 5.41) is 0. The van der Waals surface area contributed by atoms with Crippen molar-refractivity contribution in [1.29, 1.82) is 0 Å². The van der Waals surface area contributed by atoms with Crippen molar-refractivity contribution >= 4 is 0 Å². The number of rotatable bonds is 10. The first kappa shape index (κ1) is 19.3. The number of hydrogen-bond donors (Lipinski definition) is 1. The Kier molecular flexibility index (Phi) is 12.5. The zero-order valence-electron chi connectivity index (χ0n) is 12.5. The lowest BCUT2D eigenvalue weighted by Crippen LogP contribution is -2.46. The molecule has 106 valence electrons. The molecule has 0 saturated carbocycles. The monoisotopic (exact) mass is 245 g/mol. The van der Waals surface area contributed by atoms with E-state index in [0.29, 0.717) is 5.92 Å². The molecular formula is C15H35NO. The molecule has 0 rings (SSSR count). The predicted octanol–water partition coefficient (Wildman–Crippen LogP) is 4.07. The molecule has 0 saturated heterocycles. The molecule has 0 aliphatic rings. The van der Waals surface area contributed by atoms with Crippen LogP contribution in [-0.4, -0.2) is 11.0 Å². The highest BCUT2D eigenvalue weighted by Crippen LogP contribution is 2.30. The topological polar surface area (TPSA) is 57.5 Å². The van der Waals surface area contributed by atoms with Gasteiger partial charge < -0.3 is 11.2 Å². The van der Waals surface area contributed by atoms with Crippen LogP contribution in [0, 0.1) is 5.92 Å². The Morgan fingerprint density at radius 3 is 1.65 bits per heavy atom. The van der Waals surface area contributed by atoms with E-state index in [-0.39, 0.29) is 11.0 Å². The normalized spacial score (nSPS) is 13.2. The van der Waals surface area contributed by atoms with E-state index in [4.69, 9.17) is 5.73 Å². The third kappa shape index (κ3) is 7.77. The molecule has 0 fully saturated rings. The lowest BCUT2D eigenvalue weighted by Gasteiger charge is -2.36. The summed E-state index contributed by atoms with van der Waals surface area (Å²) in [4.78, 5) is 0. The molecule has 0 bridgehead atoms. The third-order valence-corrected chi connectivity index (χ3v) is 3.96. The molecule has 0 heterocycles. The maximum atomic E-state index is 6.65. The van der Waals surface area contributed by atoms with E-state index < -0.39 is 0 Å². The molecule has 0 aromatic carbocycles. The lowest BCUT2D eigenvalue weighted by atomic mass is 9.76. The highest BCUT2D eigenvalue weighted by molar-refractivity contribution is 4.88. The zero-order chi connectivity index (χ0) is 12.4. The van der Waals surface area contributed by atoms with Gasteiger partial charge in [-0.3, -0.25) is 0 Å². The Morgan fingerprint density at radius 2 is 1.29 bits per heavy atom. The van der Waals surface area contributed by atoms with E-state index in [2.05, 4.69) is 27.7 Å². The molecule has 1 atom stereocenters. The summed E-state index contributed by atoms with van der Waals surface area (Å²) in [5.74, 6) is 0.686. The van der Waals surface area contributed by atoms with Crippen LogP contribution in [0.15, 0.2) is 0 Å². The van der Waals surface area contributed by atoms with Gasteiger partial charge in [-0.15, -0.1) is 0 Å². The Morgan fingerprint density at radius 1 is 0.882 bits per heavy atom. The lowest BCUT2D eigenvalue weighted by molar-refractivity contribution is 0.224. The van der Waals surface area contributed by atoms with Gasteiger partial charge in [-0.05, 0) is 25.2 Å².